The second-order valence-corrected chi connectivity index (χ2v) is 5.97. The maximum Gasteiger partial charge on any atom is 0.332 e. The molecule has 2 aliphatic rings. The number of carbonyl (C=O) groups excluding carboxylic acids is 1. The van der Waals surface area contributed by atoms with Gasteiger partial charge in [-0.3, -0.25) is 4.79 Å². The van der Waals surface area contributed by atoms with Gasteiger partial charge in [0.05, 0.1) is 0 Å². The molecule has 108 valence electrons. The van der Waals surface area contributed by atoms with E-state index in [4.69, 9.17) is 9.84 Å². The average Bonchev–Trinajstić information content (AvgIpc) is 3.05. The standard InChI is InChI=1S/C14H23NO4/c1-9(2)7-8-15(10-3-4-10)13(16)11-5-6-12(19-11)14(17)18/h9-12H,3-8H2,1-2H3,(H,17,18). The molecular weight excluding hydrogens is 246 g/mol. The Hall–Kier alpha value is -1.10. The molecule has 1 heterocycles. The van der Waals surface area contributed by atoms with Crippen molar-refractivity contribution in [3.8, 4) is 0 Å². The number of carbonyl (C=O) groups is 2. The van der Waals surface area contributed by atoms with E-state index in [9.17, 15) is 9.59 Å². The van der Waals surface area contributed by atoms with Crippen LogP contribution in [0, 0.1) is 5.92 Å². The summed E-state index contributed by atoms with van der Waals surface area (Å²) in [6.07, 6.45) is 2.73. The first kappa shape index (κ1) is 14.3. The van der Waals surface area contributed by atoms with Crippen LogP contribution in [0.4, 0.5) is 0 Å². The summed E-state index contributed by atoms with van der Waals surface area (Å²) in [5.74, 6) is -0.410. The number of aliphatic carboxylic acids is 1. The molecule has 1 saturated carbocycles. The normalized spacial score (nSPS) is 26.7. The van der Waals surface area contributed by atoms with Crippen molar-refractivity contribution in [2.24, 2.45) is 5.92 Å². The summed E-state index contributed by atoms with van der Waals surface area (Å²) >= 11 is 0. The second-order valence-electron chi connectivity index (χ2n) is 5.97. The molecule has 0 radical (unpaired) electrons. The Bertz CT molecular complexity index is 351. The highest BCUT2D eigenvalue weighted by atomic mass is 16.5. The van der Waals surface area contributed by atoms with Crippen molar-refractivity contribution in [3.05, 3.63) is 0 Å². The molecule has 0 aromatic heterocycles. The van der Waals surface area contributed by atoms with Gasteiger partial charge < -0.3 is 14.7 Å². The maximum absolute atomic E-state index is 12.4. The van der Waals surface area contributed by atoms with Crippen LogP contribution >= 0.6 is 0 Å². The minimum absolute atomic E-state index is 0.00750. The van der Waals surface area contributed by atoms with Crippen molar-refractivity contribution in [1.82, 2.24) is 4.90 Å². The summed E-state index contributed by atoms with van der Waals surface area (Å²) < 4.78 is 5.36. The molecule has 0 bridgehead atoms. The summed E-state index contributed by atoms with van der Waals surface area (Å²) in [6.45, 7) is 5.04. The quantitative estimate of drug-likeness (QED) is 0.796. The van der Waals surface area contributed by atoms with Crippen molar-refractivity contribution in [2.75, 3.05) is 6.54 Å². The first-order valence-corrected chi connectivity index (χ1v) is 7.17. The molecule has 1 N–H and O–H groups in total. The van der Waals surface area contributed by atoms with Crippen LogP contribution in [0.1, 0.15) is 46.0 Å². The lowest BCUT2D eigenvalue weighted by atomic mass is 10.1. The number of carboxylic acids is 1. The lowest BCUT2D eigenvalue weighted by molar-refractivity contribution is -0.155. The van der Waals surface area contributed by atoms with Crippen LogP contribution in [0.15, 0.2) is 0 Å². The molecular formula is C14H23NO4. The Morgan fingerprint density at radius 2 is 1.84 bits per heavy atom. The van der Waals surface area contributed by atoms with Crippen molar-refractivity contribution in [1.29, 1.82) is 0 Å². The van der Waals surface area contributed by atoms with Gasteiger partial charge in [0.2, 0.25) is 0 Å². The van der Waals surface area contributed by atoms with Crippen LogP contribution in [0.25, 0.3) is 0 Å². The molecule has 19 heavy (non-hydrogen) atoms. The fourth-order valence-electron chi connectivity index (χ4n) is 2.44. The molecule has 2 fully saturated rings. The smallest absolute Gasteiger partial charge is 0.332 e. The number of carboxylic acid groups (broad SMARTS) is 1. The molecule has 2 rings (SSSR count). The Kier molecular flexibility index (Phi) is 4.45. The molecule has 1 aliphatic heterocycles. The highest BCUT2D eigenvalue weighted by Crippen LogP contribution is 2.30. The van der Waals surface area contributed by atoms with E-state index in [1.165, 1.54) is 0 Å². The van der Waals surface area contributed by atoms with Crippen LogP contribution in [-0.4, -0.2) is 46.7 Å². The lowest BCUT2D eigenvalue weighted by Gasteiger charge is -2.26. The molecule has 0 aromatic rings. The van der Waals surface area contributed by atoms with Gasteiger partial charge in [0.1, 0.15) is 6.10 Å². The molecule has 1 amide bonds. The Balaban J connectivity index is 1.90. The lowest BCUT2D eigenvalue weighted by Crippen LogP contribution is -2.42. The highest BCUT2D eigenvalue weighted by molar-refractivity contribution is 5.83. The first-order chi connectivity index (χ1) is 8.99. The van der Waals surface area contributed by atoms with E-state index in [2.05, 4.69) is 13.8 Å². The molecule has 1 aliphatic carbocycles. The minimum atomic E-state index is -0.963. The number of hydrogen-bond donors (Lipinski definition) is 1. The van der Waals surface area contributed by atoms with Crippen molar-refractivity contribution in [3.63, 3.8) is 0 Å². The fraction of sp³-hybridized carbons (Fsp3) is 0.857. The van der Waals surface area contributed by atoms with E-state index < -0.39 is 18.2 Å². The van der Waals surface area contributed by atoms with E-state index >= 15 is 0 Å². The Morgan fingerprint density at radius 1 is 1.21 bits per heavy atom. The van der Waals surface area contributed by atoms with Crippen LogP contribution in [0.3, 0.4) is 0 Å². The summed E-state index contributed by atoms with van der Waals surface area (Å²) in [5, 5.41) is 8.90. The van der Waals surface area contributed by atoms with Gasteiger partial charge in [-0.05, 0) is 38.0 Å². The van der Waals surface area contributed by atoms with Crippen LogP contribution < -0.4 is 0 Å². The number of nitrogens with zero attached hydrogens (tertiary/aromatic N) is 1. The second kappa shape index (κ2) is 5.90. The van der Waals surface area contributed by atoms with Crippen molar-refractivity contribution in [2.45, 2.75) is 64.2 Å². The average molecular weight is 269 g/mol. The van der Waals surface area contributed by atoms with Crippen LogP contribution in [0.5, 0.6) is 0 Å². The van der Waals surface area contributed by atoms with Gasteiger partial charge in [0.15, 0.2) is 6.10 Å². The molecule has 5 heteroatoms. The van der Waals surface area contributed by atoms with Crippen LogP contribution in [-0.2, 0) is 14.3 Å². The molecule has 0 spiro atoms. The zero-order valence-electron chi connectivity index (χ0n) is 11.7. The van der Waals surface area contributed by atoms with Gasteiger partial charge in [0, 0.05) is 12.6 Å². The highest BCUT2D eigenvalue weighted by Gasteiger charge is 2.40. The Labute approximate surface area is 113 Å². The molecule has 2 atom stereocenters. The van der Waals surface area contributed by atoms with Crippen molar-refractivity contribution < 1.29 is 19.4 Å². The SMILES string of the molecule is CC(C)CCN(C(=O)C1CCC(C(=O)O)O1)C1CC1. The van der Waals surface area contributed by atoms with Gasteiger partial charge in [0.25, 0.3) is 5.91 Å². The summed E-state index contributed by atoms with van der Waals surface area (Å²) in [4.78, 5) is 25.2. The summed E-state index contributed by atoms with van der Waals surface area (Å²) in [5.41, 5.74) is 0. The van der Waals surface area contributed by atoms with Gasteiger partial charge in [-0.1, -0.05) is 13.8 Å². The van der Waals surface area contributed by atoms with E-state index in [0.717, 1.165) is 25.8 Å². The fourth-order valence-corrected chi connectivity index (χ4v) is 2.44. The predicted molar refractivity (Wildman–Crippen MR) is 69.7 cm³/mol. The zero-order valence-corrected chi connectivity index (χ0v) is 11.7. The molecule has 0 aromatic carbocycles. The molecule has 1 saturated heterocycles. The first-order valence-electron chi connectivity index (χ1n) is 7.17. The topological polar surface area (TPSA) is 66.8 Å². The number of amides is 1. The van der Waals surface area contributed by atoms with E-state index in [-0.39, 0.29) is 5.91 Å². The zero-order chi connectivity index (χ0) is 14.0. The third-order valence-electron chi connectivity index (χ3n) is 3.79. The van der Waals surface area contributed by atoms with Gasteiger partial charge in [-0.2, -0.15) is 0 Å². The van der Waals surface area contributed by atoms with Gasteiger partial charge in [-0.25, -0.2) is 4.79 Å². The number of hydrogen-bond acceptors (Lipinski definition) is 3. The van der Waals surface area contributed by atoms with E-state index in [1.807, 2.05) is 4.90 Å². The Morgan fingerprint density at radius 3 is 2.32 bits per heavy atom. The predicted octanol–water partition coefficient (Wildman–Crippen LogP) is 1.66. The summed E-state index contributed by atoms with van der Waals surface area (Å²) in [7, 11) is 0. The third-order valence-corrected chi connectivity index (χ3v) is 3.79. The maximum atomic E-state index is 12.4. The van der Waals surface area contributed by atoms with Crippen LogP contribution in [0.2, 0.25) is 0 Å². The minimum Gasteiger partial charge on any atom is -0.479 e. The largest absolute Gasteiger partial charge is 0.479 e. The number of ether oxygens (including phenoxy) is 1. The molecule has 5 nitrogen and oxygen atoms in total. The molecule has 2 unspecified atom stereocenters. The van der Waals surface area contributed by atoms with Crippen molar-refractivity contribution >= 4 is 11.9 Å². The van der Waals surface area contributed by atoms with Gasteiger partial charge >= 0.3 is 5.97 Å². The van der Waals surface area contributed by atoms with E-state index in [1.54, 1.807) is 0 Å². The van der Waals surface area contributed by atoms with E-state index in [0.29, 0.717) is 24.8 Å². The number of rotatable bonds is 6. The summed E-state index contributed by atoms with van der Waals surface area (Å²) in [6, 6.07) is 0.360. The van der Waals surface area contributed by atoms with Gasteiger partial charge in [-0.15, -0.1) is 0 Å². The monoisotopic (exact) mass is 269 g/mol. The third kappa shape index (κ3) is 3.69.